The summed E-state index contributed by atoms with van der Waals surface area (Å²) >= 11 is 1.50. The van der Waals surface area contributed by atoms with Crippen LogP contribution in [0.5, 0.6) is 0 Å². The van der Waals surface area contributed by atoms with Gasteiger partial charge in [0.15, 0.2) is 0 Å². The molecule has 0 aromatic heterocycles. The Morgan fingerprint density at radius 3 is 2.19 bits per heavy atom. The van der Waals surface area contributed by atoms with Crippen LogP contribution >= 0.6 is 12.1 Å². The number of benzene rings is 2. The number of carbonyl (C=O) groups excluding carboxylic acids is 2. The standard InChI is InChI=1S/C18H29N3OS.C9H11N3O.C2HF3O2/c1-2-19-18(22)17(14-13-15-9-5-3-6-10-15)21-23-20-16-11-7-4-8-12-16;10-9(11)8-3-1-7(2-4-8)5-12-6-13;3-2(4,5)1(6)7/h3,5-6,9-10,16-17,20-21H,2,4,7-8,11-14H2,1H3,(H,19,22);1-4,6H,5H2,(H3,10,11)(H,12,13);(H,6,7). The number of hydrogen-bond acceptors (Lipinski definition) is 7. The quantitative estimate of drug-likeness (QED) is 0.0756. The van der Waals surface area contributed by atoms with Gasteiger partial charge in [0.2, 0.25) is 12.3 Å². The summed E-state index contributed by atoms with van der Waals surface area (Å²) < 4.78 is 38.5. The van der Waals surface area contributed by atoms with Crippen LogP contribution in [0.15, 0.2) is 54.6 Å². The van der Waals surface area contributed by atoms with Crippen molar-refractivity contribution in [3.05, 3.63) is 71.3 Å². The van der Waals surface area contributed by atoms with Gasteiger partial charge in [-0.25, -0.2) is 14.2 Å². The normalized spacial score (nSPS) is 13.7. The van der Waals surface area contributed by atoms with Crippen molar-refractivity contribution in [2.75, 3.05) is 6.54 Å². The van der Waals surface area contributed by atoms with E-state index in [-0.39, 0.29) is 17.8 Å². The molecule has 0 aliphatic heterocycles. The lowest BCUT2D eigenvalue weighted by Crippen LogP contribution is -2.43. The number of halogens is 3. The minimum absolute atomic E-state index is 0.0508. The highest BCUT2D eigenvalue weighted by Gasteiger charge is 2.38. The van der Waals surface area contributed by atoms with E-state index in [1.807, 2.05) is 37.3 Å². The van der Waals surface area contributed by atoms with Gasteiger partial charge in [0.05, 0.1) is 6.04 Å². The van der Waals surface area contributed by atoms with E-state index in [9.17, 15) is 22.8 Å². The zero-order valence-corrected chi connectivity index (χ0v) is 24.9. The molecular formula is C29H41F3N6O4S. The largest absolute Gasteiger partial charge is 0.490 e. The highest BCUT2D eigenvalue weighted by atomic mass is 32.2. The molecule has 2 aromatic carbocycles. The fraction of sp³-hybridized carbons (Fsp3) is 0.448. The topological polar surface area (TPSA) is 169 Å². The highest BCUT2D eigenvalue weighted by molar-refractivity contribution is 7.95. The van der Waals surface area contributed by atoms with Gasteiger partial charge in [0.25, 0.3) is 0 Å². The van der Waals surface area contributed by atoms with Crippen LogP contribution in [-0.4, -0.2) is 54.0 Å². The molecule has 0 bridgehead atoms. The highest BCUT2D eigenvalue weighted by Crippen LogP contribution is 2.19. The van der Waals surface area contributed by atoms with Crippen LogP contribution < -0.4 is 25.8 Å². The summed E-state index contributed by atoms with van der Waals surface area (Å²) in [5.41, 5.74) is 8.22. The Labute approximate surface area is 254 Å². The number of amides is 2. The van der Waals surface area contributed by atoms with Crippen molar-refractivity contribution >= 4 is 36.3 Å². The molecule has 0 saturated heterocycles. The zero-order chi connectivity index (χ0) is 32.1. The van der Waals surface area contributed by atoms with Crippen LogP contribution in [0.3, 0.4) is 0 Å². The number of aryl methyl sites for hydroxylation is 1. The van der Waals surface area contributed by atoms with Crippen LogP contribution in [0.25, 0.3) is 0 Å². The van der Waals surface area contributed by atoms with E-state index in [2.05, 4.69) is 32.2 Å². The summed E-state index contributed by atoms with van der Waals surface area (Å²) in [5.74, 6) is -2.62. The molecule has 238 valence electrons. The van der Waals surface area contributed by atoms with Crippen LogP contribution in [-0.2, 0) is 27.3 Å². The first-order valence-corrected chi connectivity index (χ1v) is 14.7. The summed E-state index contributed by atoms with van der Waals surface area (Å²) in [4.78, 5) is 31.1. The summed E-state index contributed by atoms with van der Waals surface area (Å²) in [6, 6.07) is 17.9. The first-order chi connectivity index (χ1) is 20.5. The average Bonchev–Trinajstić information content (AvgIpc) is 2.99. The van der Waals surface area contributed by atoms with Gasteiger partial charge in [-0.1, -0.05) is 73.9 Å². The molecule has 3 rings (SSSR count). The van der Waals surface area contributed by atoms with Crippen molar-refractivity contribution in [2.45, 2.75) is 76.7 Å². The molecule has 1 atom stereocenters. The van der Waals surface area contributed by atoms with E-state index in [1.54, 1.807) is 12.1 Å². The Morgan fingerprint density at radius 1 is 1.07 bits per heavy atom. The Balaban J connectivity index is 0.000000387. The molecule has 0 radical (unpaired) electrons. The van der Waals surface area contributed by atoms with Gasteiger partial charge < -0.3 is 21.5 Å². The third kappa shape index (κ3) is 17.2. The molecule has 10 nitrogen and oxygen atoms in total. The second kappa shape index (κ2) is 21.1. The van der Waals surface area contributed by atoms with E-state index in [0.717, 1.165) is 18.4 Å². The smallest absolute Gasteiger partial charge is 0.475 e. The molecular weight excluding hydrogens is 585 g/mol. The predicted octanol–water partition coefficient (Wildman–Crippen LogP) is 4.05. The third-order valence-corrected chi connectivity index (χ3v) is 7.01. The number of aliphatic carboxylic acids is 1. The van der Waals surface area contributed by atoms with Crippen LogP contribution in [0.2, 0.25) is 0 Å². The Kier molecular flexibility index (Phi) is 18.4. The van der Waals surface area contributed by atoms with Gasteiger partial charge in [-0.05, 0) is 43.7 Å². The summed E-state index contributed by atoms with van der Waals surface area (Å²) in [5, 5.41) is 19.8. The molecule has 0 spiro atoms. The van der Waals surface area contributed by atoms with E-state index in [1.165, 1.54) is 49.8 Å². The van der Waals surface area contributed by atoms with Crippen molar-refractivity contribution in [1.29, 1.82) is 5.41 Å². The average molecular weight is 627 g/mol. The fourth-order valence-electron chi connectivity index (χ4n) is 3.87. The minimum atomic E-state index is -5.08. The van der Waals surface area contributed by atoms with Crippen LogP contribution in [0, 0.1) is 5.41 Å². The molecule has 1 fully saturated rings. The van der Waals surface area contributed by atoms with Crippen molar-refractivity contribution < 1.29 is 32.7 Å². The first kappa shape index (κ1) is 37.4. The number of likely N-dealkylation sites (N-methyl/N-ethyl adjacent to an activating group) is 1. The van der Waals surface area contributed by atoms with Crippen LogP contribution in [0.4, 0.5) is 13.2 Å². The molecule has 8 N–H and O–H groups in total. The Hall–Kier alpha value is -3.62. The van der Waals surface area contributed by atoms with Crippen molar-refractivity contribution in [1.82, 2.24) is 20.1 Å². The third-order valence-electron chi connectivity index (χ3n) is 6.16. The number of amidine groups is 1. The summed E-state index contributed by atoms with van der Waals surface area (Å²) in [6.45, 7) is 3.13. The molecule has 1 unspecified atom stereocenters. The molecule has 14 heteroatoms. The van der Waals surface area contributed by atoms with Gasteiger partial charge in [0.1, 0.15) is 5.84 Å². The van der Waals surface area contributed by atoms with Gasteiger partial charge in [0, 0.05) is 36.8 Å². The lowest BCUT2D eigenvalue weighted by Gasteiger charge is -2.24. The van der Waals surface area contributed by atoms with E-state index in [0.29, 0.717) is 31.1 Å². The Bertz CT molecular complexity index is 1100. The number of carboxylic acids is 1. The molecule has 1 aliphatic rings. The molecule has 2 amide bonds. The number of rotatable bonds is 13. The van der Waals surface area contributed by atoms with Gasteiger partial charge >= 0.3 is 12.1 Å². The SMILES string of the molecule is CCNC(=O)C(CCc1ccccc1)NSNC1CCCCC1.N=C(N)c1ccc(CNC=O)cc1.O=C(O)C(F)(F)F. The van der Waals surface area contributed by atoms with E-state index in [4.69, 9.17) is 21.0 Å². The van der Waals surface area contributed by atoms with Gasteiger partial charge in [-0.3, -0.25) is 15.0 Å². The lowest BCUT2D eigenvalue weighted by atomic mass is 9.96. The van der Waals surface area contributed by atoms with Gasteiger partial charge in [-0.2, -0.15) is 13.2 Å². The molecule has 1 aliphatic carbocycles. The lowest BCUT2D eigenvalue weighted by molar-refractivity contribution is -0.192. The maximum Gasteiger partial charge on any atom is 0.490 e. The van der Waals surface area contributed by atoms with E-state index < -0.39 is 12.1 Å². The van der Waals surface area contributed by atoms with Crippen molar-refractivity contribution in [3.8, 4) is 0 Å². The maximum atomic E-state index is 12.2. The second-order valence-electron chi connectivity index (χ2n) is 9.56. The van der Waals surface area contributed by atoms with Crippen molar-refractivity contribution in [2.24, 2.45) is 5.73 Å². The summed E-state index contributed by atoms with van der Waals surface area (Å²) in [7, 11) is 0. The second-order valence-corrected chi connectivity index (χ2v) is 10.2. The molecule has 1 saturated carbocycles. The van der Waals surface area contributed by atoms with Crippen molar-refractivity contribution in [3.63, 3.8) is 0 Å². The minimum Gasteiger partial charge on any atom is -0.475 e. The Morgan fingerprint density at radius 2 is 1.67 bits per heavy atom. The number of alkyl halides is 3. The maximum absolute atomic E-state index is 12.2. The number of nitrogens with two attached hydrogens (primary N) is 1. The number of nitrogen functional groups attached to an aromatic ring is 1. The zero-order valence-electron chi connectivity index (χ0n) is 24.1. The number of nitrogens with one attached hydrogen (secondary N) is 5. The van der Waals surface area contributed by atoms with Crippen LogP contribution in [0.1, 0.15) is 62.1 Å². The van der Waals surface area contributed by atoms with E-state index >= 15 is 0 Å². The molecule has 0 heterocycles. The molecule has 2 aromatic rings. The monoisotopic (exact) mass is 626 g/mol. The summed E-state index contributed by atoms with van der Waals surface area (Å²) in [6.07, 6.45) is 3.73. The van der Waals surface area contributed by atoms with Gasteiger partial charge in [-0.15, -0.1) is 0 Å². The first-order valence-electron chi connectivity index (χ1n) is 13.9. The number of carbonyl (C=O) groups is 3. The molecule has 43 heavy (non-hydrogen) atoms. The predicted molar refractivity (Wildman–Crippen MR) is 162 cm³/mol. The number of hydrogen-bond donors (Lipinski definition) is 7. The number of carboxylic acid groups (broad SMARTS) is 1. The fourth-order valence-corrected chi connectivity index (χ4v) is 4.70.